The van der Waals surface area contributed by atoms with Gasteiger partial charge in [0, 0.05) is 31.9 Å². The smallest absolute Gasteiger partial charge is 0.246 e. The molecule has 8 heteroatoms. The van der Waals surface area contributed by atoms with Crippen molar-refractivity contribution in [2.24, 2.45) is 5.92 Å². The maximum absolute atomic E-state index is 14.1. The molecular formula is C22H30FN3O3S. The standard InChI is InChI=1S/C22H30FN3O3S/c23-19-9-2-4-11-21(19)30(28,29)25-13-6-12-24(15-16-25)17-22(27)26-14-5-8-18-7-1-3-10-20(18)26/h2,4,9-11,18H,1,3,5-8,12-17H2/t18-/m0/s1. The van der Waals surface area contributed by atoms with E-state index in [1.807, 2.05) is 9.80 Å². The molecule has 1 aliphatic carbocycles. The van der Waals surface area contributed by atoms with Crippen LogP contribution in [0, 0.1) is 11.7 Å². The molecule has 4 rings (SSSR count). The van der Waals surface area contributed by atoms with Gasteiger partial charge in [-0.05, 0) is 63.1 Å². The van der Waals surface area contributed by atoms with E-state index in [0.717, 1.165) is 19.4 Å². The molecule has 2 fully saturated rings. The fourth-order valence-corrected chi connectivity index (χ4v) is 6.40. The van der Waals surface area contributed by atoms with Crippen LogP contribution in [0.25, 0.3) is 0 Å². The molecule has 0 aromatic heterocycles. The van der Waals surface area contributed by atoms with Gasteiger partial charge < -0.3 is 4.90 Å². The third-order valence-electron chi connectivity index (χ3n) is 6.44. The first kappa shape index (κ1) is 21.5. The van der Waals surface area contributed by atoms with Crippen molar-refractivity contribution in [3.8, 4) is 0 Å². The van der Waals surface area contributed by atoms with Gasteiger partial charge in [-0.1, -0.05) is 18.2 Å². The van der Waals surface area contributed by atoms with E-state index in [1.54, 1.807) is 0 Å². The van der Waals surface area contributed by atoms with Crippen LogP contribution in [-0.2, 0) is 14.8 Å². The largest absolute Gasteiger partial charge is 0.315 e. The van der Waals surface area contributed by atoms with E-state index >= 15 is 0 Å². The normalized spacial score (nSPS) is 24.1. The second-order valence-electron chi connectivity index (χ2n) is 8.41. The minimum atomic E-state index is -3.88. The van der Waals surface area contributed by atoms with Gasteiger partial charge in [-0.3, -0.25) is 9.69 Å². The predicted octanol–water partition coefficient (Wildman–Crippen LogP) is 2.83. The van der Waals surface area contributed by atoms with E-state index in [1.165, 1.54) is 53.5 Å². The Labute approximate surface area is 178 Å². The minimum Gasteiger partial charge on any atom is -0.315 e. The summed E-state index contributed by atoms with van der Waals surface area (Å²) in [5.41, 5.74) is 1.20. The summed E-state index contributed by atoms with van der Waals surface area (Å²) in [4.78, 5) is 16.8. The summed E-state index contributed by atoms with van der Waals surface area (Å²) in [6.45, 7) is 2.80. The number of benzene rings is 1. The highest BCUT2D eigenvalue weighted by molar-refractivity contribution is 7.89. The highest BCUT2D eigenvalue weighted by Gasteiger charge is 2.33. The average Bonchev–Trinajstić information content (AvgIpc) is 2.99. The monoisotopic (exact) mass is 435 g/mol. The number of allylic oxidation sites excluding steroid dienone is 2. The molecule has 6 nitrogen and oxygen atoms in total. The fourth-order valence-electron chi connectivity index (χ4n) is 4.86. The molecule has 2 saturated heterocycles. The van der Waals surface area contributed by atoms with Gasteiger partial charge in [0.05, 0.1) is 6.54 Å². The summed E-state index contributed by atoms with van der Waals surface area (Å²) in [6.07, 6.45) is 8.48. The number of carbonyl (C=O) groups excluding carboxylic acids is 1. The van der Waals surface area contributed by atoms with Crippen molar-refractivity contribution in [3.05, 3.63) is 41.9 Å². The first-order chi connectivity index (χ1) is 14.5. The Kier molecular flexibility index (Phi) is 6.55. The Bertz CT molecular complexity index is 918. The molecule has 2 aliphatic heterocycles. The molecule has 30 heavy (non-hydrogen) atoms. The summed E-state index contributed by atoms with van der Waals surface area (Å²) >= 11 is 0. The summed E-state index contributed by atoms with van der Waals surface area (Å²) in [5.74, 6) is -0.102. The third-order valence-corrected chi connectivity index (χ3v) is 8.37. The number of piperidine rings is 1. The number of hydrogen-bond acceptors (Lipinski definition) is 4. The van der Waals surface area contributed by atoms with E-state index < -0.39 is 15.8 Å². The zero-order valence-electron chi connectivity index (χ0n) is 17.3. The zero-order chi connectivity index (χ0) is 21.1. The number of nitrogens with zero attached hydrogens (tertiary/aromatic N) is 3. The molecule has 2 heterocycles. The SMILES string of the molecule is O=C(CN1CCCN(S(=O)(=O)c2ccccc2F)CC1)N1CCC[C@@H]2CCCC=C21. The van der Waals surface area contributed by atoms with Crippen LogP contribution in [0.1, 0.15) is 38.5 Å². The molecule has 0 N–H and O–H groups in total. The van der Waals surface area contributed by atoms with Crippen LogP contribution in [0.5, 0.6) is 0 Å². The van der Waals surface area contributed by atoms with Gasteiger partial charge in [0.2, 0.25) is 15.9 Å². The van der Waals surface area contributed by atoms with Crippen LogP contribution in [0.3, 0.4) is 0 Å². The highest BCUT2D eigenvalue weighted by Crippen LogP contribution is 2.35. The van der Waals surface area contributed by atoms with Crippen molar-refractivity contribution in [1.29, 1.82) is 0 Å². The van der Waals surface area contributed by atoms with E-state index in [9.17, 15) is 17.6 Å². The molecule has 1 aromatic carbocycles. The molecule has 3 aliphatic rings. The first-order valence-electron chi connectivity index (χ1n) is 10.9. The Hall–Kier alpha value is -1.77. The Morgan fingerprint density at radius 2 is 1.80 bits per heavy atom. The third kappa shape index (κ3) is 4.45. The van der Waals surface area contributed by atoms with Gasteiger partial charge in [-0.25, -0.2) is 12.8 Å². The second kappa shape index (κ2) is 9.16. The average molecular weight is 436 g/mol. The van der Waals surface area contributed by atoms with E-state index in [2.05, 4.69) is 6.08 Å². The number of likely N-dealkylation sites (tertiary alicyclic amines) is 1. The van der Waals surface area contributed by atoms with Gasteiger partial charge in [-0.15, -0.1) is 0 Å². The molecule has 1 amide bonds. The van der Waals surface area contributed by atoms with Crippen molar-refractivity contribution >= 4 is 15.9 Å². The Morgan fingerprint density at radius 1 is 1.00 bits per heavy atom. The number of amides is 1. The first-order valence-corrected chi connectivity index (χ1v) is 12.4. The molecular weight excluding hydrogens is 405 g/mol. The number of halogens is 1. The van der Waals surface area contributed by atoms with Crippen molar-refractivity contribution in [3.63, 3.8) is 0 Å². The summed E-state index contributed by atoms with van der Waals surface area (Å²) in [5, 5.41) is 0. The molecule has 0 saturated carbocycles. The van der Waals surface area contributed by atoms with Crippen molar-refractivity contribution in [2.75, 3.05) is 39.3 Å². The van der Waals surface area contributed by atoms with Crippen LogP contribution in [0.4, 0.5) is 4.39 Å². The highest BCUT2D eigenvalue weighted by atomic mass is 32.2. The lowest BCUT2D eigenvalue weighted by Crippen LogP contribution is -2.45. The second-order valence-corrected chi connectivity index (χ2v) is 10.3. The maximum atomic E-state index is 14.1. The molecule has 0 spiro atoms. The molecule has 0 bridgehead atoms. The number of carbonyl (C=O) groups is 1. The van der Waals surface area contributed by atoms with Gasteiger partial charge >= 0.3 is 0 Å². The molecule has 164 valence electrons. The summed E-state index contributed by atoms with van der Waals surface area (Å²) in [6, 6.07) is 5.49. The molecule has 0 radical (unpaired) electrons. The van der Waals surface area contributed by atoms with Crippen LogP contribution in [-0.4, -0.2) is 67.7 Å². The summed E-state index contributed by atoms with van der Waals surface area (Å²) in [7, 11) is -3.88. The lowest BCUT2D eigenvalue weighted by molar-refractivity contribution is -0.131. The Morgan fingerprint density at radius 3 is 2.63 bits per heavy atom. The number of rotatable bonds is 4. The van der Waals surface area contributed by atoms with Gasteiger partial charge in [0.15, 0.2) is 0 Å². The lowest BCUT2D eigenvalue weighted by atomic mass is 9.85. The van der Waals surface area contributed by atoms with Gasteiger partial charge in [0.25, 0.3) is 0 Å². The Balaban J connectivity index is 1.39. The predicted molar refractivity (Wildman–Crippen MR) is 113 cm³/mol. The van der Waals surface area contributed by atoms with Crippen molar-refractivity contribution < 1.29 is 17.6 Å². The zero-order valence-corrected chi connectivity index (χ0v) is 18.1. The van der Waals surface area contributed by atoms with Crippen LogP contribution in [0.2, 0.25) is 0 Å². The summed E-state index contributed by atoms with van der Waals surface area (Å²) < 4.78 is 41.2. The van der Waals surface area contributed by atoms with Crippen LogP contribution < -0.4 is 0 Å². The van der Waals surface area contributed by atoms with E-state index in [0.29, 0.717) is 38.5 Å². The van der Waals surface area contributed by atoms with Gasteiger partial charge in [0.1, 0.15) is 10.7 Å². The van der Waals surface area contributed by atoms with Crippen molar-refractivity contribution in [1.82, 2.24) is 14.1 Å². The van der Waals surface area contributed by atoms with Crippen LogP contribution >= 0.6 is 0 Å². The molecule has 1 atom stereocenters. The number of hydrogen-bond donors (Lipinski definition) is 0. The van der Waals surface area contributed by atoms with E-state index in [4.69, 9.17) is 0 Å². The number of sulfonamides is 1. The van der Waals surface area contributed by atoms with Gasteiger partial charge in [-0.2, -0.15) is 4.31 Å². The van der Waals surface area contributed by atoms with Crippen molar-refractivity contribution in [2.45, 2.75) is 43.4 Å². The molecule has 0 unspecified atom stereocenters. The molecule has 1 aromatic rings. The lowest BCUT2D eigenvalue weighted by Gasteiger charge is -2.38. The maximum Gasteiger partial charge on any atom is 0.246 e. The minimum absolute atomic E-state index is 0.110. The number of fused-ring (bicyclic) bond motifs is 1. The van der Waals surface area contributed by atoms with E-state index in [-0.39, 0.29) is 17.3 Å². The topological polar surface area (TPSA) is 60.9 Å². The van der Waals surface area contributed by atoms with Crippen LogP contribution in [0.15, 0.2) is 40.9 Å². The quantitative estimate of drug-likeness (QED) is 0.730. The fraction of sp³-hybridized carbons (Fsp3) is 0.591.